The van der Waals surface area contributed by atoms with Gasteiger partial charge in [0.1, 0.15) is 13.2 Å². The summed E-state index contributed by atoms with van der Waals surface area (Å²) in [7, 11) is 1.27. The van der Waals surface area contributed by atoms with Crippen molar-refractivity contribution in [1.82, 2.24) is 5.32 Å². The Labute approximate surface area is 547 Å². The normalized spacial score (nSPS) is 14.1. The van der Waals surface area contributed by atoms with Crippen LogP contribution in [0.5, 0.6) is 0 Å². The molecule has 0 fully saturated rings. The third-order valence-corrected chi connectivity index (χ3v) is 17.8. The molecular weight excluding hydrogens is 1100 g/mol. The van der Waals surface area contributed by atoms with Gasteiger partial charge in [-0.3, -0.25) is 9.36 Å². The minimum atomic E-state index is -4.61. The topological polar surface area (TPSA) is 108 Å². The van der Waals surface area contributed by atoms with Crippen LogP contribution in [-0.4, -0.2) is 68.5 Å². The van der Waals surface area contributed by atoms with E-state index >= 15 is 0 Å². The third-order valence-electron chi connectivity index (χ3n) is 16.8. The summed E-state index contributed by atoms with van der Waals surface area (Å²) in [4.78, 5) is 25.7. The van der Waals surface area contributed by atoms with Gasteiger partial charge >= 0.3 is 0 Å². The molecule has 1 amide bonds. The maximum absolute atomic E-state index is 13.1. The summed E-state index contributed by atoms with van der Waals surface area (Å²) in [6.07, 6.45) is 99.7. The van der Waals surface area contributed by atoms with Crippen LogP contribution >= 0.6 is 7.82 Å². The van der Waals surface area contributed by atoms with E-state index in [0.29, 0.717) is 17.4 Å². The molecule has 0 aliphatic heterocycles. The summed E-state index contributed by atoms with van der Waals surface area (Å²) in [5, 5.41) is 14.0. The second-order valence-electron chi connectivity index (χ2n) is 26.6. The van der Waals surface area contributed by atoms with E-state index < -0.39 is 20.0 Å². The Balaban J connectivity index is 4.04. The number of phosphoric ester groups is 1. The number of phosphoric acid groups is 1. The lowest BCUT2D eigenvalue weighted by Gasteiger charge is -2.29. The van der Waals surface area contributed by atoms with Crippen molar-refractivity contribution in [2.75, 3.05) is 40.9 Å². The fraction of sp³-hybridized carbons (Fsp3) is 0.785. The van der Waals surface area contributed by atoms with Gasteiger partial charge in [-0.15, -0.1) is 0 Å². The molecule has 88 heavy (non-hydrogen) atoms. The predicted molar refractivity (Wildman–Crippen MR) is 385 cm³/mol. The van der Waals surface area contributed by atoms with E-state index in [0.717, 1.165) is 83.5 Å². The molecule has 0 aliphatic rings. The van der Waals surface area contributed by atoms with Crippen molar-refractivity contribution in [2.24, 2.45) is 0 Å². The van der Waals surface area contributed by atoms with Crippen LogP contribution in [0.3, 0.4) is 0 Å². The van der Waals surface area contributed by atoms with Gasteiger partial charge in [-0.2, -0.15) is 0 Å². The Morgan fingerprint density at radius 3 is 1.01 bits per heavy atom. The van der Waals surface area contributed by atoms with Crippen LogP contribution in [0, 0.1) is 0 Å². The molecule has 3 atom stereocenters. The predicted octanol–water partition coefficient (Wildman–Crippen LogP) is 23.8. The Morgan fingerprint density at radius 2 is 0.693 bits per heavy atom. The number of amides is 1. The summed E-state index contributed by atoms with van der Waals surface area (Å²) in [6, 6.07) is -0.893. The highest BCUT2D eigenvalue weighted by atomic mass is 31.2. The molecule has 0 saturated carbocycles. The number of aliphatic hydroxyl groups is 1. The SMILES string of the molecule is CC/C=C\C/C=C\C/C=C\C/C=C\C/C=C\C/C=C\C/C=C\CCCCCCCCCCCCCCCCCC(=O)NC(COP(=O)([O-])OCC[N+](C)(C)C)C(O)/C=C/CCCCCCCCCCCCCCCCCCCCCCCCCCCCC. The summed E-state index contributed by atoms with van der Waals surface area (Å²) in [6.45, 7) is 4.58. The number of hydrogen-bond acceptors (Lipinski definition) is 6. The number of allylic oxidation sites excluding steroid dienone is 15. The second-order valence-corrected chi connectivity index (χ2v) is 28.0. The van der Waals surface area contributed by atoms with Crippen LogP contribution in [0.25, 0.3) is 0 Å². The maximum Gasteiger partial charge on any atom is 0.268 e. The molecule has 0 aromatic heterocycles. The quantitative estimate of drug-likeness (QED) is 0.0272. The van der Waals surface area contributed by atoms with Crippen LogP contribution in [0.2, 0.25) is 0 Å². The number of carbonyl (C=O) groups is 1. The molecule has 3 unspecified atom stereocenters. The molecule has 0 aliphatic carbocycles. The molecule has 0 spiro atoms. The Bertz CT molecular complexity index is 1760. The van der Waals surface area contributed by atoms with Gasteiger partial charge in [0.05, 0.1) is 39.9 Å². The zero-order chi connectivity index (χ0) is 64.1. The zero-order valence-electron chi connectivity index (χ0n) is 58.7. The van der Waals surface area contributed by atoms with Crippen molar-refractivity contribution in [3.63, 3.8) is 0 Å². The number of carbonyl (C=O) groups excluding carboxylic acids is 1. The summed E-state index contributed by atoms with van der Waals surface area (Å²) < 4.78 is 23.5. The number of quaternary nitrogens is 1. The van der Waals surface area contributed by atoms with Gasteiger partial charge in [0, 0.05) is 6.42 Å². The molecule has 0 saturated heterocycles. The molecular formula is C79H145N2O6P. The first-order valence-electron chi connectivity index (χ1n) is 37.6. The molecule has 0 radical (unpaired) electrons. The Kier molecular flexibility index (Phi) is 66.8. The average Bonchev–Trinajstić information content (AvgIpc) is 3.70. The fourth-order valence-electron chi connectivity index (χ4n) is 11.0. The van der Waals surface area contributed by atoms with Gasteiger partial charge in [0.25, 0.3) is 7.82 Å². The van der Waals surface area contributed by atoms with Crippen molar-refractivity contribution in [3.8, 4) is 0 Å². The van der Waals surface area contributed by atoms with E-state index in [1.165, 1.54) is 244 Å². The number of rotatable bonds is 69. The second kappa shape index (κ2) is 68.8. The molecule has 2 N–H and O–H groups in total. The molecule has 0 aromatic rings. The highest BCUT2D eigenvalue weighted by molar-refractivity contribution is 7.45. The molecule has 9 heteroatoms. The smallest absolute Gasteiger partial charge is 0.268 e. The van der Waals surface area contributed by atoms with Crippen LogP contribution in [0.15, 0.2) is 97.2 Å². The van der Waals surface area contributed by atoms with Crippen LogP contribution in [0.4, 0.5) is 0 Å². The first kappa shape index (κ1) is 85.4. The lowest BCUT2D eigenvalue weighted by molar-refractivity contribution is -0.870. The van der Waals surface area contributed by atoms with E-state index in [2.05, 4.69) is 104 Å². The third kappa shape index (κ3) is 70.9. The average molecular weight is 1250 g/mol. The van der Waals surface area contributed by atoms with Crippen molar-refractivity contribution in [1.29, 1.82) is 0 Å². The monoisotopic (exact) mass is 1250 g/mol. The van der Waals surface area contributed by atoms with Gasteiger partial charge in [-0.05, 0) is 77.0 Å². The molecule has 0 aromatic carbocycles. The Morgan fingerprint density at radius 1 is 0.409 bits per heavy atom. The van der Waals surface area contributed by atoms with E-state index in [4.69, 9.17) is 9.05 Å². The summed E-state index contributed by atoms with van der Waals surface area (Å²) in [5.41, 5.74) is 0. The molecule has 0 heterocycles. The standard InChI is InChI=1S/C79H145N2O6P/c1-6-8-10-12-14-16-18-20-22-24-26-28-30-32-34-36-37-38-39-40-41-42-43-45-47-49-51-53-55-57-59-61-63-65-67-69-71-73-79(83)80-77(76-87-88(84,85)86-75-74-81(3,4)5)78(82)72-70-68-66-64-62-60-58-56-54-52-50-48-46-44-35-33-31-29-27-25-23-21-19-17-15-13-11-9-7-2/h8,10,14,16,20,22,26,28,32,34,37-38,40-41,70,72,77-78,82H,6-7,9,11-13,15,17-19,21,23-25,27,29-31,33,35-36,39,42-69,71,73-76H2,1-5H3,(H-,80,83,84,85)/b10-8-,16-14-,22-20-,28-26-,34-32-,38-37-,41-40-,72-70+. The highest BCUT2D eigenvalue weighted by Crippen LogP contribution is 2.38. The van der Waals surface area contributed by atoms with E-state index in [1.54, 1.807) is 6.08 Å². The van der Waals surface area contributed by atoms with Crippen LogP contribution in [0.1, 0.15) is 348 Å². The lowest BCUT2D eigenvalue weighted by atomic mass is 10.0. The number of hydrogen-bond donors (Lipinski definition) is 2. The first-order valence-corrected chi connectivity index (χ1v) is 39.1. The van der Waals surface area contributed by atoms with E-state index in [9.17, 15) is 19.4 Å². The fourth-order valence-corrected chi connectivity index (χ4v) is 11.7. The van der Waals surface area contributed by atoms with E-state index in [1.807, 2.05) is 27.2 Å². The van der Waals surface area contributed by atoms with Gasteiger partial charge in [0.2, 0.25) is 5.91 Å². The largest absolute Gasteiger partial charge is 0.756 e. The highest BCUT2D eigenvalue weighted by Gasteiger charge is 2.23. The first-order chi connectivity index (χ1) is 43.0. The number of aliphatic hydroxyl groups excluding tert-OH is 1. The van der Waals surface area contributed by atoms with Gasteiger partial charge < -0.3 is 28.8 Å². The number of nitrogens with zero attached hydrogens (tertiary/aromatic N) is 1. The molecule has 8 nitrogen and oxygen atoms in total. The van der Waals surface area contributed by atoms with Crippen molar-refractivity contribution >= 4 is 13.7 Å². The maximum atomic E-state index is 13.1. The van der Waals surface area contributed by atoms with Gasteiger partial charge in [-0.25, -0.2) is 0 Å². The molecule has 0 bridgehead atoms. The zero-order valence-corrected chi connectivity index (χ0v) is 59.6. The minimum Gasteiger partial charge on any atom is -0.756 e. The Hall–Kier alpha value is -2.58. The van der Waals surface area contributed by atoms with Crippen molar-refractivity contribution in [3.05, 3.63) is 97.2 Å². The van der Waals surface area contributed by atoms with Gasteiger partial charge in [-0.1, -0.05) is 361 Å². The molecule has 0 rings (SSSR count). The number of unbranched alkanes of at least 4 members (excludes halogenated alkanes) is 42. The van der Waals surface area contributed by atoms with Crippen LogP contribution in [-0.2, 0) is 18.4 Å². The number of likely N-dealkylation sites (N-methyl/N-ethyl adjacent to an activating group) is 1. The minimum absolute atomic E-state index is 0.00292. The van der Waals surface area contributed by atoms with Gasteiger partial charge in [0.15, 0.2) is 0 Å². The van der Waals surface area contributed by atoms with E-state index in [-0.39, 0.29) is 19.1 Å². The van der Waals surface area contributed by atoms with Crippen molar-refractivity contribution < 1.29 is 32.9 Å². The lowest BCUT2D eigenvalue weighted by Crippen LogP contribution is -2.45. The summed E-state index contributed by atoms with van der Waals surface area (Å²) >= 11 is 0. The summed E-state index contributed by atoms with van der Waals surface area (Å²) in [5.74, 6) is -0.195. The number of nitrogens with one attached hydrogen (secondary N) is 1. The molecule has 512 valence electrons. The van der Waals surface area contributed by atoms with Crippen LogP contribution < -0.4 is 10.2 Å². The van der Waals surface area contributed by atoms with Crippen molar-refractivity contribution in [2.45, 2.75) is 360 Å².